The van der Waals surface area contributed by atoms with E-state index in [0.29, 0.717) is 24.4 Å². The van der Waals surface area contributed by atoms with Crippen molar-refractivity contribution in [2.45, 2.75) is 44.8 Å². The van der Waals surface area contributed by atoms with Gasteiger partial charge in [0.05, 0.1) is 0 Å². The van der Waals surface area contributed by atoms with Crippen molar-refractivity contribution < 1.29 is 19.4 Å². The van der Waals surface area contributed by atoms with Crippen molar-refractivity contribution in [2.75, 3.05) is 5.32 Å². The van der Waals surface area contributed by atoms with Crippen LogP contribution in [0, 0.1) is 0 Å². The summed E-state index contributed by atoms with van der Waals surface area (Å²) in [6.45, 7) is 4.16. The maximum atomic E-state index is 12.0. The second kappa shape index (κ2) is 6.05. The van der Waals surface area contributed by atoms with Gasteiger partial charge in [0.15, 0.2) is 6.10 Å². The Labute approximate surface area is 117 Å². The van der Waals surface area contributed by atoms with E-state index in [-0.39, 0.29) is 5.91 Å². The lowest BCUT2D eigenvalue weighted by molar-refractivity contribution is -0.150. The summed E-state index contributed by atoms with van der Waals surface area (Å²) < 4.78 is 5.22. The Bertz CT molecular complexity index is 512. The van der Waals surface area contributed by atoms with E-state index in [2.05, 4.69) is 19.2 Å². The van der Waals surface area contributed by atoms with Crippen LogP contribution in [0.2, 0.25) is 0 Å². The fraction of sp³-hybridized carbons (Fsp3) is 0.467. The van der Waals surface area contributed by atoms with Gasteiger partial charge in [-0.1, -0.05) is 26.0 Å². The van der Waals surface area contributed by atoms with Crippen LogP contribution in [0.4, 0.5) is 5.69 Å². The summed E-state index contributed by atoms with van der Waals surface area (Å²) in [4.78, 5) is 22.8. The smallest absolute Gasteiger partial charge is 0.332 e. The predicted octanol–water partition coefficient (Wildman–Crippen LogP) is 2.38. The highest BCUT2D eigenvalue weighted by Gasteiger charge is 2.34. The number of ether oxygens (including phenoxy) is 1. The van der Waals surface area contributed by atoms with E-state index in [1.165, 1.54) is 0 Å². The molecule has 0 spiro atoms. The van der Waals surface area contributed by atoms with Crippen LogP contribution in [0.3, 0.4) is 0 Å². The number of nitrogens with one attached hydrogen (secondary N) is 1. The molecule has 20 heavy (non-hydrogen) atoms. The Morgan fingerprint density at radius 3 is 2.60 bits per heavy atom. The molecular formula is C15H19NO4. The molecule has 5 nitrogen and oxygen atoms in total. The Hall–Kier alpha value is -1.88. The van der Waals surface area contributed by atoms with Crippen molar-refractivity contribution in [3.05, 3.63) is 29.8 Å². The Balaban J connectivity index is 1.98. The first kappa shape index (κ1) is 14.5. The van der Waals surface area contributed by atoms with Crippen LogP contribution in [0.5, 0.6) is 0 Å². The van der Waals surface area contributed by atoms with Gasteiger partial charge in [-0.2, -0.15) is 0 Å². The summed E-state index contributed by atoms with van der Waals surface area (Å²) in [5.74, 6) is -0.914. The minimum Gasteiger partial charge on any atom is -0.479 e. The first-order valence-corrected chi connectivity index (χ1v) is 6.76. The van der Waals surface area contributed by atoms with Crippen LogP contribution in [0.15, 0.2) is 24.3 Å². The number of amides is 1. The zero-order chi connectivity index (χ0) is 14.7. The summed E-state index contributed by atoms with van der Waals surface area (Å²) in [7, 11) is 0. The number of carbonyl (C=O) groups excluding carboxylic acids is 1. The fourth-order valence-corrected chi connectivity index (χ4v) is 2.21. The monoisotopic (exact) mass is 277 g/mol. The second-order valence-corrected chi connectivity index (χ2v) is 5.30. The van der Waals surface area contributed by atoms with Gasteiger partial charge >= 0.3 is 5.97 Å². The summed E-state index contributed by atoms with van der Waals surface area (Å²) in [6, 6.07) is 7.63. The summed E-state index contributed by atoms with van der Waals surface area (Å²) in [5, 5.41) is 11.6. The SMILES string of the molecule is CC(C)c1cccc(NC(=O)C2CCC(C(=O)O)O2)c1. The molecule has 2 rings (SSSR count). The zero-order valence-electron chi connectivity index (χ0n) is 11.6. The molecule has 0 aliphatic carbocycles. The molecule has 1 amide bonds. The van der Waals surface area contributed by atoms with Crippen molar-refractivity contribution in [2.24, 2.45) is 0 Å². The third kappa shape index (κ3) is 3.36. The van der Waals surface area contributed by atoms with Gasteiger partial charge in [0.25, 0.3) is 5.91 Å². The molecule has 1 fully saturated rings. The van der Waals surface area contributed by atoms with Gasteiger partial charge in [0.2, 0.25) is 0 Å². The summed E-state index contributed by atoms with van der Waals surface area (Å²) in [5.41, 5.74) is 1.85. The lowest BCUT2D eigenvalue weighted by Gasteiger charge is -2.13. The van der Waals surface area contributed by atoms with Crippen molar-refractivity contribution in [3.63, 3.8) is 0 Å². The van der Waals surface area contributed by atoms with E-state index >= 15 is 0 Å². The van der Waals surface area contributed by atoms with Gasteiger partial charge in [-0.15, -0.1) is 0 Å². The Kier molecular flexibility index (Phi) is 4.39. The molecule has 0 saturated carbocycles. The molecular weight excluding hydrogens is 258 g/mol. The van der Waals surface area contributed by atoms with Gasteiger partial charge < -0.3 is 15.2 Å². The van der Waals surface area contributed by atoms with Crippen molar-refractivity contribution in [3.8, 4) is 0 Å². The van der Waals surface area contributed by atoms with Crippen LogP contribution in [0.25, 0.3) is 0 Å². The average molecular weight is 277 g/mol. The van der Waals surface area contributed by atoms with Crippen molar-refractivity contribution in [1.29, 1.82) is 0 Å². The van der Waals surface area contributed by atoms with Crippen LogP contribution < -0.4 is 5.32 Å². The number of rotatable bonds is 4. The quantitative estimate of drug-likeness (QED) is 0.886. The van der Waals surface area contributed by atoms with Gasteiger partial charge in [-0.05, 0) is 36.5 Å². The molecule has 5 heteroatoms. The molecule has 2 N–H and O–H groups in total. The fourth-order valence-electron chi connectivity index (χ4n) is 2.21. The normalized spacial score (nSPS) is 21.9. The number of hydrogen-bond donors (Lipinski definition) is 2. The molecule has 0 aromatic heterocycles. The molecule has 1 heterocycles. The highest BCUT2D eigenvalue weighted by molar-refractivity contribution is 5.94. The maximum absolute atomic E-state index is 12.0. The second-order valence-electron chi connectivity index (χ2n) is 5.30. The molecule has 2 unspecified atom stereocenters. The Morgan fingerprint density at radius 2 is 2.00 bits per heavy atom. The number of carboxylic acid groups (broad SMARTS) is 1. The largest absolute Gasteiger partial charge is 0.479 e. The van der Waals surface area contributed by atoms with Crippen LogP contribution in [0.1, 0.15) is 38.2 Å². The van der Waals surface area contributed by atoms with E-state index in [9.17, 15) is 9.59 Å². The minimum atomic E-state index is -1.01. The molecule has 1 saturated heterocycles. The first-order chi connectivity index (χ1) is 9.47. The molecule has 1 aromatic carbocycles. The number of anilines is 1. The molecule has 0 bridgehead atoms. The van der Waals surface area contributed by atoms with Crippen LogP contribution in [-0.4, -0.2) is 29.2 Å². The Morgan fingerprint density at radius 1 is 1.30 bits per heavy atom. The van der Waals surface area contributed by atoms with Gasteiger partial charge in [-0.3, -0.25) is 4.79 Å². The molecule has 108 valence electrons. The number of carboxylic acids is 1. The molecule has 1 aliphatic rings. The van der Waals surface area contributed by atoms with E-state index < -0.39 is 18.2 Å². The summed E-state index contributed by atoms with van der Waals surface area (Å²) >= 11 is 0. The number of aliphatic carboxylic acids is 1. The van der Waals surface area contributed by atoms with E-state index in [0.717, 1.165) is 5.56 Å². The highest BCUT2D eigenvalue weighted by atomic mass is 16.5. The van der Waals surface area contributed by atoms with Crippen LogP contribution in [-0.2, 0) is 14.3 Å². The van der Waals surface area contributed by atoms with Crippen LogP contribution >= 0.6 is 0 Å². The molecule has 1 aromatic rings. The number of benzene rings is 1. The van der Waals surface area contributed by atoms with E-state index in [1.54, 1.807) is 0 Å². The first-order valence-electron chi connectivity index (χ1n) is 6.76. The van der Waals surface area contributed by atoms with Crippen molar-refractivity contribution in [1.82, 2.24) is 0 Å². The number of carbonyl (C=O) groups is 2. The highest BCUT2D eigenvalue weighted by Crippen LogP contribution is 2.23. The lowest BCUT2D eigenvalue weighted by atomic mass is 10.0. The average Bonchev–Trinajstić information content (AvgIpc) is 2.88. The van der Waals surface area contributed by atoms with Gasteiger partial charge in [0.1, 0.15) is 6.10 Å². The number of hydrogen-bond acceptors (Lipinski definition) is 3. The third-order valence-corrected chi connectivity index (χ3v) is 3.41. The maximum Gasteiger partial charge on any atom is 0.332 e. The lowest BCUT2D eigenvalue weighted by Crippen LogP contribution is -2.29. The van der Waals surface area contributed by atoms with E-state index in [4.69, 9.17) is 9.84 Å². The third-order valence-electron chi connectivity index (χ3n) is 3.41. The van der Waals surface area contributed by atoms with Gasteiger partial charge in [-0.25, -0.2) is 4.79 Å². The molecule has 1 aliphatic heterocycles. The van der Waals surface area contributed by atoms with Gasteiger partial charge in [0, 0.05) is 5.69 Å². The predicted molar refractivity (Wildman–Crippen MR) is 74.7 cm³/mol. The molecule has 2 atom stereocenters. The topological polar surface area (TPSA) is 75.6 Å². The van der Waals surface area contributed by atoms with E-state index in [1.807, 2.05) is 24.3 Å². The molecule has 0 radical (unpaired) electrons. The van der Waals surface area contributed by atoms with Crippen molar-refractivity contribution >= 4 is 17.6 Å². The zero-order valence-corrected chi connectivity index (χ0v) is 11.6. The standard InChI is InChI=1S/C15H19NO4/c1-9(2)10-4-3-5-11(8-10)16-14(17)12-6-7-13(20-12)15(18)19/h3-5,8-9,12-13H,6-7H2,1-2H3,(H,16,17)(H,18,19). The minimum absolute atomic E-state index is 0.283. The summed E-state index contributed by atoms with van der Waals surface area (Å²) in [6.07, 6.45) is -0.738.